The van der Waals surface area contributed by atoms with Crippen LogP contribution < -0.4 is 5.32 Å². The summed E-state index contributed by atoms with van der Waals surface area (Å²) in [5, 5.41) is 4.97. The summed E-state index contributed by atoms with van der Waals surface area (Å²) in [5.74, 6) is 0.183. The number of carbonyl (C=O) groups is 2. The highest BCUT2D eigenvalue weighted by molar-refractivity contribution is 7.99. The first-order valence-electron chi connectivity index (χ1n) is 12.0. The van der Waals surface area contributed by atoms with E-state index >= 15 is 0 Å². The molecule has 1 atom stereocenters. The van der Waals surface area contributed by atoms with Crippen LogP contribution in [0.3, 0.4) is 0 Å². The zero-order chi connectivity index (χ0) is 27.9. The normalized spacial score (nSPS) is 12.2. The second-order valence-corrected chi connectivity index (χ2v) is 12.5. The van der Waals surface area contributed by atoms with Crippen molar-refractivity contribution in [2.75, 3.05) is 5.75 Å². The quantitative estimate of drug-likeness (QED) is 0.252. The fourth-order valence-electron chi connectivity index (χ4n) is 3.84. The van der Waals surface area contributed by atoms with Gasteiger partial charge >= 0.3 is 0 Å². The number of nitrogens with one attached hydrogen (secondary N) is 1. The van der Waals surface area contributed by atoms with Crippen molar-refractivity contribution in [1.82, 2.24) is 10.2 Å². The van der Waals surface area contributed by atoms with Gasteiger partial charge in [0, 0.05) is 34.3 Å². The highest BCUT2D eigenvalue weighted by Gasteiger charge is 2.32. The van der Waals surface area contributed by atoms with E-state index in [9.17, 15) is 9.59 Å². The summed E-state index contributed by atoms with van der Waals surface area (Å²) >= 11 is 26.4. The molecule has 0 saturated heterocycles. The lowest BCUT2D eigenvalue weighted by Gasteiger charge is -2.34. The van der Waals surface area contributed by atoms with E-state index < -0.39 is 11.6 Å². The molecule has 0 unspecified atom stereocenters. The van der Waals surface area contributed by atoms with E-state index in [2.05, 4.69) is 5.32 Å². The fraction of sp³-hybridized carbons (Fsp3) is 0.310. The van der Waals surface area contributed by atoms with Crippen molar-refractivity contribution in [2.45, 2.75) is 51.1 Å². The van der Waals surface area contributed by atoms with Gasteiger partial charge in [0.15, 0.2) is 0 Å². The average Bonchev–Trinajstić information content (AvgIpc) is 2.84. The Morgan fingerprint density at radius 2 is 1.50 bits per heavy atom. The Morgan fingerprint density at radius 1 is 0.842 bits per heavy atom. The van der Waals surface area contributed by atoms with Crippen LogP contribution in [0.5, 0.6) is 0 Å². The predicted octanol–water partition coefficient (Wildman–Crippen LogP) is 8.09. The zero-order valence-corrected chi connectivity index (χ0v) is 25.3. The first-order chi connectivity index (χ1) is 17.9. The van der Waals surface area contributed by atoms with E-state index in [1.165, 1.54) is 11.8 Å². The SMILES string of the molecule is CC(C)(C)NC(=O)[C@@H](Cc1ccccc1)N(Cc1ccc(Cl)c(Cl)c1)C(=O)CSCc1c(Cl)cccc1Cl. The van der Waals surface area contributed by atoms with E-state index in [1.54, 1.807) is 35.2 Å². The molecule has 202 valence electrons. The molecule has 0 bridgehead atoms. The molecule has 3 aromatic carbocycles. The van der Waals surface area contributed by atoms with Gasteiger partial charge in [0.25, 0.3) is 0 Å². The van der Waals surface area contributed by atoms with Gasteiger partial charge in [-0.1, -0.05) is 88.9 Å². The van der Waals surface area contributed by atoms with Gasteiger partial charge in [-0.15, -0.1) is 11.8 Å². The van der Waals surface area contributed by atoms with Gasteiger partial charge < -0.3 is 10.2 Å². The molecule has 0 heterocycles. The topological polar surface area (TPSA) is 49.4 Å². The van der Waals surface area contributed by atoms with Crippen LogP contribution in [-0.2, 0) is 28.3 Å². The molecule has 3 rings (SSSR count). The summed E-state index contributed by atoms with van der Waals surface area (Å²) in [4.78, 5) is 29.0. The molecule has 0 aromatic heterocycles. The van der Waals surface area contributed by atoms with Gasteiger partial charge in [-0.05, 0) is 61.7 Å². The summed E-state index contributed by atoms with van der Waals surface area (Å²) in [5.41, 5.74) is 2.02. The van der Waals surface area contributed by atoms with Crippen LogP contribution in [0.4, 0.5) is 0 Å². The third-order valence-corrected chi connectivity index (χ3v) is 8.03. The number of hydrogen-bond acceptors (Lipinski definition) is 3. The molecule has 0 fully saturated rings. The first kappa shape index (κ1) is 30.6. The Balaban J connectivity index is 1.91. The van der Waals surface area contributed by atoms with Crippen LogP contribution in [-0.4, -0.2) is 34.0 Å². The second-order valence-electron chi connectivity index (χ2n) is 9.91. The van der Waals surface area contributed by atoms with Gasteiger partial charge in [0.2, 0.25) is 11.8 Å². The first-order valence-corrected chi connectivity index (χ1v) is 14.7. The zero-order valence-electron chi connectivity index (χ0n) is 21.4. The van der Waals surface area contributed by atoms with Gasteiger partial charge in [-0.3, -0.25) is 9.59 Å². The molecule has 3 aromatic rings. The second kappa shape index (κ2) is 14.0. The summed E-state index contributed by atoms with van der Waals surface area (Å²) in [6.07, 6.45) is 0.358. The smallest absolute Gasteiger partial charge is 0.243 e. The fourth-order valence-corrected chi connectivity index (χ4v) is 5.80. The largest absolute Gasteiger partial charge is 0.350 e. The predicted molar refractivity (Wildman–Crippen MR) is 161 cm³/mol. The van der Waals surface area contributed by atoms with Crippen molar-refractivity contribution in [2.24, 2.45) is 0 Å². The van der Waals surface area contributed by atoms with Crippen LogP contribution in [0.15, 0.2) is 66.7 Å². The summed E-state index contributed by atoms with van der Waals surface area (Å²) in [7, 11) is 0. The molecular formula is C29H30Cl4N2O2S. The van der Waals surface area contributed by atoms with Crippen molar-refractivity contribution < 1.29 is 9.59 Å². The lowest BCUT2D eigenvalue weighted by Crippen LogP contribution is -2.54. The number of carbonyl (C=O) groups excluding carboxylic acids is 2. The van der Waals surface area contributed by atoms with Crippen LogP contribution in [0, 0.1) is 0 Å². The van der Waals surface area contributed by atoms with E-state index in [-0.39, 0.29) is 24.1 Å². The molecule has 0 aliphatic heterocycles. The van der Waals surface area contributed by atoms with Crippen LogP contribution in [0.2, 0.25) is 20.1 Å². The average molecular weight is 612 g/mol. The number of nitrogens with zero attached hydrogens (tertiary/aromatic N) is 1. The monoisotopic (exact) mass is 610 g/mol. The standard InChI is InChI=1S/C29H30Cl4N2O2S/c1-29(2,3)34-28(37)26(15-19-8-5-4-6-9-19)35(16-20-12-13-24(32)25(33)14-20)27(36)18-38-17-21-22(30)10-7-11-23(21)31/h4-14,26H,15-18H2,1-3H3,(H,34,37)/t26-/m1/s1. The third-order valence-electron chi connectivity index (χ3n) is 5.64. The highest BCUT2D eigenvalue weighted by atomic mass is 35.5. The number of amides is 2. The van der Waals surface area contributed by atoms with Gasteiger partial charge in [-0.2, -0.15) is 0 Å². The number of halogens is 4. The minimum absolute atomic E-state index is 0.136. The molecule has 0 aliphatic rings. The molecule has 0 radical (unpaired) electrons. The Morgan fingerprint density at radius 3 is 2.11 bits per heavy atom. The Hall–Kier alpha value is -1.89. The maximum absolute atomic E-state index is 13.8. The van der Waals surface area contributed by atoms with E-state index in [0.29, 0.717) is 32.3 Å². The van der Waals surface area contributed by atoms with E-state index in [1.807, 2.05) is 57.2 Å². The van der Waals surface area contributed by atoms with Gasteiger partial charge in [0.05, 0.1) is 15.8 Å². The lowest BCUT2D eigenvalue weighted by molar-refractivity contribution is -0.140. The number of rotatable bonds is 10. The number of benzene rings is 3. The summed E-state index contributed by atoms with van der Waals surface area (Å²) in [6, 6.07) is 19.5. The van der Waals surface area contributed by atoms with Crippen molar-refractivity contribution >= 4 is 70.0 Å². The third kappa shape index (κ3) is 9.10. The molecule has 38 heavy (non-hydrogen) atoms. The lowest BCUT2D eigenvalue weighted by atomic mass is 10.0. The number of hydrogen-bond donors (Lipinski definition) is 1. The van der Waals surface area contributed by atoms with Crippen molar-refractivity contribution in [3.8, 4) is 0 Å². The van der Waals surface area contributed by atoms with Gasteiger partial charge in [-0.25, -0.2) is 0 Å². The molecule has 0 spiro atoms. The molecular weight excluding hydrogens is 582 g/mol. The number of thioether (sulfide) groups is 1. The summed E-state index contributed by atoms with van der Waals surface area (Å²) < 4.78 is 0. The highest BCUT2D eigenvalue weighted by Crippen LogP contribution is 2.29. The van der Waals surface area contributed by atoms with Crippen LogP contribution in [0.1, 0.15) is 37.5 Å². The Bertz CT molecular complexity index is 1240. The molecule has 2 amide bonds. The molecule has 1 N–H and O–H groups in total. The van der Waals surface area contributed by atoms with Gasteiger partial charge in [0.1, 0.15) is 6.04 Å². The summed E-state index contributed by atoms with van der Waals surface area (Å²) in [6.45, 7) is 5.94. The molecule has 0 aliphatic carbocycles. The van der Waals surface area contributed by atoms with Crippen molar-refractivity contribution in [3.05, 3.63) is 104 Å². The Kier molecular flexibility index (Phi) is 11.3. The van der Waals surface area contributed by atoms with Crippen LogP contribution >= 0.6 is 58.2 Å². The van der Waals surface area contributed by atoms with E-state index in [4.69, 9.17) is 46.4 Å². The van der Waals surface area contributed by atoms with E-state index in [0.717, 1.165) is 16.7 Å². The Labute approximate surface area is 249 Å². The molecule has 9 heteroatoms. The van der Waals surface area contributed by atoms with Crippen LogP contribution in [0.25, 0.3) is 0 Å². The molecule has 0 saturated carbocycles. The molecule has 4 nitrogen and oxygen atoms in total. The maximum Gasteiger partial charge on any atom is 0.243 e. The maximum atomic E-state index is 13.8. The van der Waals surface area contributed by atoms with Crippen molar-refractivity contribution in [1.29, 1.82) is 0 Å². The minimum atomic E-state index is -0.747. The minimum Gasteiger partial charge on any atom is -0.350 e. The van der Waals surface area contributed by atoms with Crippen molar-refractivity contribution in [3.63, 3.8) is 0 Å².